The van der Waals surface area contributed by atoms with Crippen molar-refractivity contribution in [1.29, 1.82) is 5.26 Å². The molecule has 4 heteroatoms. The van der Waals surface area contributed by atoms with Crippen LogP contribution >= 0.6 is 11.3 Å². The Morgan fingerprint density at radius 1 is 1.13 bits per heavy atom. The van der Waals surface area contributed by atoms with Gasteiger partial charge in [0.15, 0.2) is 0 Å². The predicted octanol–water partition coefficient (Wildman–Crippen LogP) is 7.10. The molecular weight excluding hydrogens is 400 g/mol. The first-order chi connectivity index (χ1) is 15.0. The van der Waals surface area contributed by atoms with E-state index in [9.17, 15) is 5.26 Å². The van der Waals surface area contributed by atoms with Crippen LogP contribution in [0.2, 0.25) is 0 Å². The van der Waals surface area contributed by atoms with E-state index in [2.05, 4.69) is 39.0 Å². The van der Waals surface area contributed by atoms with Gasteiger partial charge in [-0.1, -0.05) is 63.2 Å². The van der Waals surface area contributed by atoms with Crippen molar-refractivity contribution in [2.45, 2.75) is 46.6 Å². The number of rotatable bonds is 5. The van der Waals surface area contributed by atoms with E-state index in [1.54, 1.807) is 11.3 Å². The zero-order chi connectivity index (χ0) is 21.8. The van der Waals surface area contributed by atoms with Crippen molar-refractivity contribution in [2.75, 3.05) is 0 Å². The average Bonchev–Trinajstić information content (AvgIpc) is 3.13. The normalized spacial score (nSPS) is 16.1. The first-order valence-electron chi connectivity index (χ1n) is 10.8. The molecule has 0 saturated carbocycles. The number of nitrogens with zero attached hydrogens (tertiary/aromatic N) is 2. The van der Waals surface area contributed by atoms with Crippen LogP contribution in [0.25, 0.3) is 0 Å². The molecule has 0 amide bonds. The van der Waals surface area contributed by atoms with Gasteiger partial charge in [-0.3, -0.25) is 0 Å². The number of nitriles is 1. The number of aliphatic imine (C=N–C) groups is 1. The number of para-hydroxylation sites is 1. The summed E-state index contributed by atoms with van der Waals surface area (Å²) in [6.45, 7) is 7.45. The van der Waals surface area contributed by atoms with E-state index in [4.69, 9.17) is 9.73 Å². The Morgan fingerprint density at radius 3 is 2.61 bits per heavy atom. The molecule has 0 radical (unpaired) electrons. The molecule has 0 unspecified atom stereocenters. The predicted molar refractivity (Wildman–Crippen MR) is 128 cm³/mol. The van der Waals surface area contributed by atoms with Gasteiger partial charge < -0.3 is 4.74 Å². The smallest absolute Gasteiger partial charge is 0.134 e. The van der Waals surface area contributed by atoms with Crippen molar-refractivity contribution in [3.63, 3.8) is 0 Å². The number of ether oxygens (including phenoxy) is 1. The molecule has 3 aromatic rings. The van der Waals surface area contributed by atoms with Crippen LogP contribution in [0.3, 0.4) is 0 Å². The highest BCUT2D eigenvalue weighted by atomic mass is 32.1. The summed E-state index contributed by atoms with van der Waals surface area (Å²) in [6, 6.07) is 20.5. The van der Waals surface area contributed by atoms with Crippen LogP contribution in [0.4, 0.5) is 5.00 Å². The Bertz CT molecular complexity index is 1120. The second-order valence-corrected chi connectivity index (χ2v) is 10.3. The molecule has 2 aromatic carbocycles. The standard InChI is InChI=1S/C27H28N2OS/c1-27(2,3)21-13-14-22-23(16-28)26(31-25(22)15-21)29-17-20-11-7-8-12-24(20)30-18-19-9-5-4-6-10-19/h4-12,17,21H,13-15,18H2,1-3H3/t21-/m1/s1. The number of hydrogen-bond acceptors (Lipinski definition) is 4. The number of thiophene rings is 1. The molecule has 1 heterocycles. The Morgan fingerprint density at radius 2 is 1.87 bits per heavy atom. The fourth-order valence-electron chi connectivity index (χ4n) is 4.10. The van der Waals surface area contributed by atoms with Crippen molar-refractivity contribution in [1.82, 2.24) is 0 Å². The first kappa shape index (κ1) is 21.3. The minimum absolute atomic E-state index is 0.285. The van der Waals surface area contributed by atoms with Crippen LogP contribution in [-0.4, -0.2) is 6.21 Å². The lowest BCUT2D eigenvalue weighted by Gasteiger charge is -2.33. The van der Waals surface area contributed by atoms with E-state index in [0.29, 0.717) is 12.5 Å². The van der Waals surface area contributed by atoms with Crippen LogP contribution in [-0.2, 0) is 19.4 Å². The molecule has 31 heavy (non-hydrogen) atoms. The Balaban J connectivity index is 1.56. The largest absolute Gasteiger partial charge is 0.488 e. The van der Waals surface area contributed by atoms with E-state index in [1.165, 1.54) is 10.4 Å². The minimum atomic E-state index is 0.285. The quantitative estimate of drug-likeness (QED) is 0.407. The molecule has 0 saturated heterocycles. The lowest BCUT2D eigenvalue weighted by atomic mass is 9.72. The maximum Gasteiger partial charge on any atom is 0.134 e. The van der Waals surface area contributed by atoms with Crippen molar-refractivity contribution in [3.05, 3.63) is 81.7 Å². The lowest BCUT2D eigenvalue weighted by Crippen LogP contribution is -2.26. The second-order valence-electron chi connectivity index (χ2n) is 9.17. The lowest BCUT2D eigenvalue weighted by molar-refractivity contribution is 0.218. The third-order valence-corrected chi connectivity index (χ3v) is 7.22. The second kappa shape index (κ2) is 9.08. The molecule has 0 spiro atoms. The summed E-state index contributed by atoms with van der Waals surface area (Å²) in [5.41, 5.74) is 4.30. The monoisotopic (exact) mass is 428 g/mol. The van der Waals surface area contributed by atoms with E-state index in [-0.39, 0.29) is 5.41 Å². The molecule has 0 N–H and O–H groups in total. The van der Waals surface area contributed by atoms with E-state index in [1.807, 2.05) is 48.7 Å². The summed E-state index contributed by atoms with van der Waals surface area (Å²) in [5, 5.41) is 10.6. The summed E-state index contributed by atoms with van der Waals surface area (Å²) < 4.78 is 6.05. The average molecular weight is 429 g/mol. The molecule has 1 aromatic heterocycles. The highest BCUT2D eigenvalue weighted by Crippen LogP contribution is 2.44. The maximum atomic E-state index is 9.81. The van der Waals surface area contributed by atoms with Crippen LogP contribution in [0.15, 0.2) is 59.6 Å². The van der Waals surface area contributed by atoms with Gasteiger partial charge in [0.25, 0.3) is 0 Å². The summed E-state index contributed by atoms with van der Waals surface area (Å²) >= 11 is 1.68. The van der Waals surface area contributed by atoms with Gasteiger partial charge in [0.2, 0.25) is 0 Å². The van der Waals surface area contributed by atoms with Crippen LogP contribution < -0.4 is 4.74 Å². The van der Waals surface area contributed by atoms with Crippen LogP contribution in [0, 0.1) is 22.7 Å². The molecule has 4 rings (SSSR count). The molecular formula is C27H28N2OS. The van der Waals surface area contributed by atoms with E-state index in [0.717, 1.165) is 46.7 Å². The van der Waals surface area contributed by atoms with Gasteiger partial charge in [-0.25, -0.2) is 4.99 Å². The molecule has 1 atom stereocenters. The highest BCUT2D eigenvalue weighted by Gasteiger charge is 2.32. The zero-order valence-electron chi connectivity index (χ0n) is 18.4. The van der Waals surface area contributed by atoms with Gasteiger partial charge in [-0.15, -0.1) is 11.3 Å². The van der Waals surface area contributed by atoms with Crippen molar-refractivity contribution in [3.8, 4) is 11.8 Å². The molecule has 1 aliphatic carbocycles. The Hall–Kier alpha value is -2.90. The Labute approximate surface area is 189 Å². The molecule has 3 nitrogen and oxygen atoms in total. The van der Waals surface area contributed by atoms with Crippen molar-refractivity contribution in [2.24, 2.45) is 16.3 Å². The fourth-order valence-corrected chi connectivity index (χ4v) is 5.32. The molecule has 1 aliphatic rings. The number of fused-ring (bicyclic) bond motifs is 1. The Kier molecular flexibility index (Phi) is 6.25. The van der Waals surface area contributed by atoms with Gasteiger partial charge in [0, 0.05) is 16.7 Å². The maximum absolute atomic E-state index is 9.81. The SMILES string of the molecule is CC(C)(C)[C@@H]1CCc2c(sc(N=Cc3ccccc3OCc3ccccc3)c2C#N)C1. The van der Waals surface area contributed by atoms with Crippen molar-refractivity contribution >= 4 is 22.6 Å². The van der Waals surface area contributed by atoms with Gasteiger partial charge in [-0.05, 0) is 53.9 Å². The molecule has 0 fully saturated rings. The minimum Gasteiger partial charge on any atom is -0.488 e. The van der Waals surface area contributed by atoms with Gasteiger partial charge in [-0.2, -0.15) is 5.26 Å². The molecule has 0 aliphatic heterocycles. The topological polar surface area (TPSA) is 45.4 Å². The summed E-state index contributed by atoms with van der Waals surface area (Å²) in [4.78, 5) is 6.08. The van der Waals surface area contributed by atoms with E-state index >= 15 is 0 Å². The third kappa shape index (κ3) is 4.89. The number of hydrogen-bond donors (Lipinski definition) is 0. The summed E-state index contributed by atoms with van der Waals surface area (Å²) in [6.07, 6.45) is 4.99. The van der Waals surface area contributed by atoms with Gasteiger partial charge in [0.05, 0.1) is 5.56 Å². The van der Waals surface area contributed by atoms with Crippen LogP contribution in [0.5, 0.6) is 5.75 Å². The molecule has 0 bridgehead atoms. The van der Waals surface area contributed by atoms with E-state index < -0.39 is 0 Å². The summed E-state index contributed by atoms with van der Waals surface area (Å²) in [7, 11) is 0. The molecule has 158 valence electrons. The highest BCUT2D eigenvalue weighted by molar-refractivity contribution is 7.16. The third-order valence-electron chi connectivity index (χ3n) is 6.06. The zero-order valence-corrected chi connectivity index (χ0v) is 19.2. The summed E-state index contributed by atoms with van der Waals surface area (Å²) in [5.74, 6) is 1.44. The van der Waals surface area contributed by atoms with Crippen molar-refractivity contribution < 1.29 is 4.74 Å². The van der Waals surface area contributed by atoms with Crippen LogP contribution in [0.1, 0.15) is 54.3 Å². The fraction of sp³-hybridized carbons (Fsp3) is 0.333. The van der Waals surface area contributed by atoms with Gasteiger partial charge in [0.1, 0.15) is 23.4 Å². The first-order valence-corrected chi connectivity index (χ1v) is 11.6. The number of benzene rings is 2. The van der Waals surface area contributed by atoms with Gasteiger partial charge >= 0.3 is 0 Å².